The zero-order valence-corrected chi connectivity index (χ0v) is 68.8. The fraction of sp³-hybridized carbons (Fsp3) is 0.900. The van der Waals surface area contributed by atoms with Crippen LogP contribution in [0.2, 0.25) is 0 Å². The second-order valence-corrected chi connectivity index (χ2v) is 34.5. The molecule has 0 aromatic rings. The van der Waals surface area contributed by atoms with Gasteiger partial charge in [0.15, 0.2) is 0 Å². The Balaban J connectivity index is 5.45. The van der Waals surface area contributed by atoms with E-state index in [0.29, 0.717) is 25.7 Å². The molecule has 47 heteroatoms. The first-order chi connectivity index (χ1) is 50.5. The van der Waals surface area contributed by atoms with Crippen LogP contribution in [0.3, 0.4) is 0 Å². The molecule has 0 aromatic carbocycles. The molecule has 0 heterocycles. The lowest BCUT2D eigenvalue weighted by atomic mass is 10.2. The van der Waals surface area contributed by atoms with Gasteiger partial charge in [0.25, 0.3) is 0 Å². The molecule has 0 aliphatic carbocycles. The number of hydrogen-bond donors (Lipinski definition) is 13. The van der Waals surface area contributed by atoms with Crippen LogP contribution < -0.4 is 31.9 Å². The summed E-state index contributed by atoms with van der Waals surface area (Å²) in [6.07, 6.45) is 5.98. The molecule has 0 rings (SSSR count). The van der Waals surface area contributed by atoms with E-state index in [2.05, 4.69) is 36.4 Å². The van der Waals surface area contributed by atoms with E-state index in [1.165, 1.54) is 0 Å². The Hall–Kier alpha value is -2.41. The van der Waals surface area contributed by atoms with Crippen LogP contribution in [0.25, 0.3) is 0 Å². The summed E-state index contributed by atoms with van der Waals surface area (Å²) in [6.45, 7) is 3.97. The normalized spacial score (nSPS) is 16.6. The Morgan fingerprint density at radius 2 is 0.393 bits per heavy atom. The van der Waals surface area contributed by atoms with E-state index in [1.54, 1.807) is 0 Å². The van der Waals surface area contributed by atoms with Crippen LogP contribution in [-0.4, -0.2) is 200 Å². The minimum absolute atomic E-state index is 0.00569. The summed E-state index contributed by atoms with van der Waals surface area (Å²) in [7, 11) is -30.8. The van der Waals surface area contributed by atoms with Crippen LogP contribution in [0.15, 0.2) is 0 Å². The van der Waals surface area contributed by atoms with Gasteiger partial charge in [-0.2, -0.15) is 0 Å². The summed E-state index contributed by atoms with van der Waals surface area (Å²) in [6, 6.07) is 0. The third-order valence-corrected chi connectivity index (χ3v) is 21.8. The van der Waals surface area contributed by atoms with Gasteiger partial charge >= 0.3 is 54.8 Å². The molecule has 0 spiro atoms. The molecular formula is C60H123N6O34P7. The minimum Gasteiger partial charge on any atom is -0.353 e. The van der Waals surface area contributed by atoms with Gasteiger partial charge in [0.05, 0.1) is 66.1 Å². The smallest absolute Gasteiger partial charge is 0.353 e. The highest BCUT2D eigenvalue weighted by Gasteiger charge is 2.32. The molecule has 6 amide bonds. The maximum Gasteiger partial charge on any atom is 0.472 e. The van der Waals surface area contributed by atoms with Gasteiger partial charge < -0.3 is 66.2 Å². The van der Waals surface area contributed by atoms with Crippen molar-refractivity contribution in [1.29, 1.82) is 0 Å². The highest BCUT2D eigenvalue weighted by atomic mass is 31.2. The fourth-order valence-electron chi connectivity index (χ4n) is 8.69. The predicted octanol–water partition coefficient (Wildman–Crippen LogP) is 9.14. The van der Waals surface area contributed by atoms with Crippen LogP contribution in [0.1, 0.15) is 220 Å². The summed E-state index contributed by atoms with van der Waals surface area (Å²) in [5.41, 5.74) is 0. The zero-order valence-electron chi connectivity index (χ0n) is 62.5. The Bertz CT molecular complexity index is 2520. The molecule has 0 aliphatic heterocycles. The largest absolute Gasteiger partial charge is 0.472 e. The first-order valence-electron chi connectivity index (χ1n) is 36.5. The van der Waals surface area contributed by atoms with Gasteiger partial charge in [-0.15, -0.1) is 0 Å². The molecule has 0 saturated carbocycles. The Morgan fingerprint density at radius 3 is 0.551 bits per heavy atom. The number of carbonyl (C=O) groups is 6. The molecule has 107 heavy (non-hydrogen) atoms. The van der Waals surface area contributed by atoms with Gasteiger partial charge in [-0.05, 0) is 103 Å². The SMILES string of the molecule is CCCCCOP(=O)(O)OCCCCC(=O)NCC(CNC(=O)CCCCOP(=O)(O)OCCCCC)OP(=O)(O)OCCCCC(=O)NCC(CNC(=O)CCCCOP(=O)(O)OC(CNC(=O)CCCCOP(=O)(O)OCCCCC)CNC(=O)CCCCOP(=O)(O)OCCCCC)OP(=O)(O)OC. The van der Waals surface area contributed by atoms with E-state index in [1.807, 2.05) is 27.7 Å². The highest BCUT2D eigenvalue weighted by molar-refractivity contribution is 7.49. The average molecular weight is 1690 g/mol. The standard InChI is InChI=1S/C60H123N6O34P7/c1-6-10-20-36-88-102(75,76)92-40-24-14-30-57(69)63-48-53(49-64-58(70)31-15-25-41-93-103(77,78)89-37-21-11-7-2)99-106(83,84)96-44-28-18-34-55(67)61-46-52(98-101(73,74)87-5)47-62-56(68)35-19-29-45-97-107(85,86)100-54(50-65-59(71)32-16-26-42-94-104(79,80)90-38-22-12-8-3)51-66-60(72)33-17-27-43-95-105(81,82)91-39-23-13-9-4/h52-54H,6-51H2,1-5H3,(H,61,67)(H,62,68)(H,63,69)(H,64,70)(H,65,71)(H,66,72)(H,73,74)(H,75,76)(H,77,78)(H,79,80)(H,81,82)(H,83,84)(H,85,86). The molecule has 7 unspecified atom stereocenters. The van der Waals surface area contributed by atoms with Crippen LogP contribution in [-0.2, 0) is 124 Å². The molecule has 0 radical (unpaired) electrons. The van der Waals surface area contributed by atoms with Crippen molar-refractivity contribution < 1.29 is 158 Å². The van der Waals surface area contributed by atoms with Crippen LogP contribution in [0, 0.1) is 0 Å². The van der Waals surface area contributed by atoms with E-state index in [-0.39, 0.29) is 168 Å². The molecule has 40 nitrogen and oxygen atoms in total. The number of rotatable bonds is 75. The summed E-state index contributed by atoms with van der Waals surface area (Å²) in [5.74, 6) is -3.41. The number of hydrogen-bond acceptors (Lipinski definition) is 27. The first kappa shape index (κ1) is 105. The highest BCUT2D eigenvalue weighted by Crippen LogP contribution is 2.48. The molecule has 13 N–H and O–H groups in total. The van der Waals surface area contributed by atoms with Gasteiger partial charge in [-0.25, -0.2) is 32.0 Å². The molecule has 0 aromatic heterocycles. The van der Waals surface area contributed by atoms with Crippen molar-refractivity contribution in [3.63, 3.8) is 0 Å². The van der Waals surface area contributed by atoms with Crippen LogP contribution in [0.4, 0.5) is 0 Å². The first-order valence-corrected chi connectivity index (χ1v) is 46.9. The van der Waals surface area contributed by atoms with Crippen molar-refractivity contribution in [3.05, 3.63) is 0 Å². The van der Waals surface area contributed by atoms with Gasteiger partial charge in [0, 0.05) is 84.9 Å². The number of unbranched alkanes of at least 4 members (excludes halogenated alkanes) is 14. The molecule has 632 valence electrons. The molecule has 0 fully saturated rings. The summed E-state index contributed by atoms with van der Waals surface area (Å²) >= 11 is 0. The number of nitrogens with one attached hydrogen (secondary N) is 6. The molecule has 0 aliphatic rings. The Kier molecular flexibility index (Phi) is 60.6. The second kappa shape index (κ2) is 62.0. The number of amides is 6. The maximum atomic E-state index is 13.1. The summed E-state index contributed by atoms with van der Waals surface area (Å²) in [4.78, 5) is 148. The number of phosphoric acid groups is 7. The Labute approximate surface area is 629 Å². The lowest BCUT2D eigenvalue weighted by molar-refractivity contribution is -0.123. The van der Waals surface area contributed by atoms with Gasteiger partial charge in [0.1, 0.15) is 18.3 Å². The van der Waals surface area contributed by atoms with Crippen molar-refractivity contribution >= 4 is 90.2 Å². The van der Waals surface area contributed by atoms with Crippen LogP contribution in [0.5, 0.6) is 0 Å². The second-order valence-electron chi connectivity index (χ2n) is 24.4. The maximum absolute atomic E-state index is 13.1. The summed E-state index contributed by atoms with van der Waals surface area (Å²) < 4.78 is 157. The lowest BCUT2D eigenvalue weighted by Gasteiger charge is -2.22. The lowest BCUT2D eigenvalue weighted by Crippen LogP contribution is -2.41. The van der Waals surface area contributed by atoms with E-state index < -0.39 is 161 Å². The third kappa shape index (κ3) is 65.7. The quantitative estimate of drug-likeness (QED) is 0.0199. The van der Waals surface area contributed by atoms with Crippen molar-refractivity contribution in [2.24, 2.45) is 0 Å². The summed E-state index contributed by atoms with van der Waals surface area (Å²) in [5, 5.41) is 15.1. The average Bonchev–Trinajstić information content (AvgIpc) is 0.918. The number of phosphoric ester groups is 7. The monoisotopic (exact) mass is 1690 g/mol. The topological polar surface area (TPSA) is 565 Å². The minimum atomic E-state index is -4.92. The van der Waals surface area contributed by atoms with E-state index in [0.717, 1.165) is 58.5 Å². The Morgan fingerprint density at radius 1 is 0.243 bits per heavy atom. The fourth-order valence-corrected chi connectivity index (χ4v) is 14.4. The third-order valence-electron chi connectivity index (χ3n) is 14.6. The van der Waals surface area contributed by atoms with Crippen molar-refractivity contribution in [3.8, 4) is 0 Å². The molecular weight excluding hydrogens is 1570 g/mol. The van der Waals surface area contributed by atoms with Crippen molar-refractivity contribution in [1.82, 2.24) is 31.9 Å². The van der Waals surface area contributed by atoms with Crippen molar-refractivity contribution in [2.75, 3.05) is 112 Å². The van der Waals surface area contributed by atoms with Crippen LogP contribution >= 0.6 is 54.8 Å². The van der Waals surface area contributed by atoms with Gasteiger partial charge in [-0.1, -0.05) is 79.1 Å². The van der Waals surface area contributed by atoms with Gasteiger partial charge in [0.2, 0.25) is 35.4 Å². The zero-order chi connectivity index (χ0) is 80.4. The molecule has 0 saturated heterocycles. The van der Waals surface area contributed by atoms with Crippen molar-refractivity contribution in [2.45, 2.75) is 239 Å². The van der Waals surface area contributed by atoms with E-state index >= 15 is 0 Å². The van der Waals surface area contributed by atoms with Gasteiger partial charge in [-0.3, -0.25) is 92.1 Å². The molecule has 7 atom stereocenters. The van der Waals surface area contributed by atoms with E-state index in [4.69, 9.17) is 58.8 Å². The molecule has 0 bridgehead atoms. The predicted molar refractivity (Wildman–Crippen MR) is 389 cm³/mol. The number of carbonyl (C=O) groups excluding carboxylic acids is 6. The van der Waals surface area contributed by atoms with E-state index in [9.17, 15) is 95.0 Å².